The first kappa shape index (κ1) is 16.9. The molecule has 0 unspecified atom stereocenters. The van der Waals surface area contributed by atoms with Crippen LogP contribution in [0.5, 0.6) is 0 Å². The minimum atomic E-state index is -4.81. The molecule has 0 aliphatic heterocycles. The molecule has 3 rings (SSSR count). The molecule has 0 spiro atoms. The summed E-state index contributed by atoms with van der Waals surface area (Å²) in [4.78, 5) is 11.0. The van der Waals surface area contributed by atoms with E-state index in [9.17, 15) is 26.3 Å². The number of rotatable bonds is 2. The van der Waals surface area contributed by atoms with Crippen LogP contribution < -0.4 is 0 Å². The highest BCUT2D eigenvalue weighted by Gasteiger charge is 2.36. The molecule has 0 radical (unpaired) electrons. The Labute approximate surface area is 136 Å². The van der Waals surface area contributed by atoms with Crippen LogP contribution in [-0.2, 0) is 12.4 Å². The highest BCUT2D eigenvalue weighted by molar-refractivity contribution is 5.54. The number of halogens is 6. The van der Waals surface area contributed by atoms with Crippen LogP contribution in [0.4, 0.5) is 26.3 Å². The number of aromatic nitrogens is 5. The molecule has 0 saturated heterocycles. The predicted octanol–water partition coefficient (Wildman–Crippen LogP) is 3.76. The summed E-state index contributed by atoms with van der Waals surface area (Å²) in [7, 11) is 0. The molecule has 0 N–H and O–H groups in total. The van der Waals surface area contributed by atoms with E-state index in [0.717, 1.165) is 6.20 Å². The molecule has 0 saturated carbocycles. The fourth-order valence-corrected chi connectivity index (χ4v) is 1.92. The molecule has 25 heavy (non-hydrogen) atoms. The van der Waals surface area contributed by atoms with Gasteiger partial charge in [0.1, 0.15) is 0 Å². The van der Waals surface area contributed by atoms with Crippen molar-refractivity contribution in [2.45, 2.75) is 12.4 Å². The SMILES string of the molecule is FC(F)(F)c1cc(-n2ccc(C(F)(F)F)n2)nc(-c2cccnc2)n1. The molecule has 0 aromatic carbocycles. The lowest BCUT2D eigenvalue weighted by Crippen LogP contribution is -2.13. The van der Waals surface area contributed by atoms with Crippen LogP contribution in [-0.4, -0.2) is 24.7 Å². The van der Waals surface area contributed by atoms with Crippen LogP contribution >= 0.6 is 0 Å². The van der Waals surface area contributed by atoms with Gasteiger partial charge in [-0.05, 0) is 18.2 Å². The Morgan fingerprint density at radius 2 is 1.60 bits per heavy atom. The molecule has 5 nitrogen and oxygen atoms in total. The van der Waals surface area contributed by atoms with E-state index in [2.05, 4.69) is 20.1 Å². The molecule has 0 aliphatic rings. The number of alkyl halides is 6. The lowest BCUT2D eigenvalue weighted by Gasteiger charge is -2.10. The van der Waals surface area contributed by atoms with E-state index in [1.54, 1.807) is 0 Å². The second-order valence-electron chi connectivity index (χ2n) is 4.82. The van der Waals surface area contributed by atoms with Crippen molar-refractivity contribution in [2.24, 2.45) is 0 Å². The van der Waals surface area contributed by atoms with Crippen LogP contribution in [0.25, 0.3) is 17.2 Å². The largest absolute Gasteiger partial charge is 0.435 e. The molecule has 3 aromatic rings. The first-order valence-corrected chi connectivity index (χ1v) is 6.64. The predicted molar refractivity (Wildman–Crippen MR) is 72.4 cm³/mol. The molecule has 130 valence electrons. The molecule has 11 heteroatoms. The number of hydrogen-bond donors (Lipinski definition) is 0. The summed E-state index contributed by atoms with van der Waals surface area (Å²) in [5, 5.41) is 3.23. The van der Waals surface area contributed by atoms with Crippen molar-refractivity contribution >= 4 is 0 Å². The molecule has 3 heterocycles. The van der Waals surface area contributed by atoms with E-state index < -0.39 is 29.6 Å². The summed E-state index contributed by atoms with van der Waals surface area (Å²) in [6, 6.07) is 4.05. The fraction of sp³-hybridized carbons (Fsp3) is 0.143. The maximum atomic E-state index is 13.1. The Morgan fingerprint density at radius 3 is 2.16 bits per heavy atom. The van der Waals surface area contributed by atoms with Crippen molar-refractivity contribution in [1.29, 1.82) is 0 Å². The monoisotopic (exact) mass is 359 g/mol. The third-order valence-corrected chi connectivity index (χ3v) is 3.04. The Hall–Kier alpha value is -2.98. The van der Waals surface area contributed by atoms with E-state index in [-0.39, 0.29) is 11.4 Å². The van der Waals surface area contributed by atoms with E-state index in [4.69, 9.17) is 0 Å². The third-order valence-electron chi connectivity index (χ3n) is 3.04. The first-order valence-electron chi connectivity index (χ1n) is 6.64. The summed E-state index contributed by atoms with van der Waals surface area (Å²) in [5.41, 5.74) is -2.37. The Bertz CT molecular complexity index is 885. The van der Waals surface area contributed by atoms with E-state index in [0.29, 0.717) is 16.8 Å². The summed E-state index contributed by atoms with van der Waals surface area (Å²) < 4.78 is 77.7. The normalized spacial score (nSPS) is 12.4. The number of pyridine rings is 1. The van der Waals surface area contributed by atoms with Gasteiger partial charge in [0.05, 0.1) is 0 Å². The van der Waals surface area contributed by atoms with Gasteiger partial charge in [0.15, 0.2) is 23.0 Å². The molecule has 0 bridgehead atoms. The van der Waals surface area contributed by atoms with Crippen molar-refractivity contribution in [2.75, 3.05) is 0 Å². The van der Waals surface area contributed by atoms with Gasteiger partial charge < -0.3 is 0 Å². The molecule has 0 amide bonds. The van der Waals surface area contributed by atoms with Crippen molar-refractivity contribution < 1.29 is 26.3 Å². The van der Waals surface area contributed by atoms with Gasteiger partial charge in [-0.1, -0.05) is 0 Å². The van der Waals surface area contributed by atoms with Crippen LogP contribution in [0.2, 0.25) is 0 Å². The van der Waals surface area contributed by atoms with Crippen LogP contribution in [0, 0.1) is 0 Å². The van der Waals surface area contributed by atoms with Gasteiger partial charge in [-0.15, -0.1) is 0 Å². The minimum Gasteiger partial charge on any atom is -0.264 e. The van der Waals surface area contributed by atoms with Gasteiger partial charge in [0.25, 0.3) is 0 Å². The highest BCUT2D eigenvalue weighted by atomic mass is 19.4. The van der Waals surface area contributed by atoms with Crippen molar-refractivity contribution in [3.05, 3.63) is 54.2 Å². The summed E-state index contributed by atoms with van der Waals surface area (Å²) in [6.07, 6.45) is -6.02. The maximum absolute atomic E-state index is 13.1. The van der Waals surface area contributed by atoms with Crippen molar-refractivity contribution in [1.82, 2.24) is 24.7 Å². The zero-order chi connectivity index (χ0) is 18.2. The second kappa shape index (κ2) is 5.83. The first-order chi connectivity index (χ1) is 11.6. The van der Waals surface area contributed by atoms with Crippen molar-refractivity contribution in [3.63, 3.8) is 0 Å². The summed E-state index contributed by atoms with van der Waals surface area (Å²) in [6.45, 7) is 0. The zero-order valence-corrected chi connectivity index (χ0v) is 12.0. The van der Waals surface area contributed by atoms with Crippen LogP contribution in [0.1, 0.15) is 11.4 Å². The van der Waals surface area contributed by atoms with E-state index in [1.165, 1.54) is 24.5 Å². The fourth-order valence-electron chi connectivity index (χ4n) is 1.92. The average Bonchev–Trinajstić information content (AvgIpc) is 3.05. The molecular formula is C14H7F6N5. The van der Waals surface area contributed by atoms with Gasteiger partial charge in [-0.3, -0.25) is 4.98 Å². The van der Waals surface area contributed by atoms with Gasteiger partial charge in [-0.2, -0.15) is 31.4 Å². The number of nitrogens with zero attached hydrogens (tertiary/aromatic N) is 5. The van der Waals surface area contributed by atoms with E-state index >= 15 is 0 Å². The molecule has 3 aromatic heterocycles. The Balaban J connectivity index is 2.15. The molecular weight excluding hydrogens is 352 g/mol. The molecule has 0 atom stereocenters. The van der Waals surface area contributed by atoms with Crippen LogP contribution in [0.15, 0.2) is 42.9 Å². The van der Waals surface area contributed by atoms with Gasteiger partial charge in [0, 0.05) is 30.2 Å². The topological polar surface area (TPSA) is 56.5 Å². The van der Waals surface area contributed by atoms with Crippen LogP contribution in [0.3, 0.4) is 0 Å². The third kappa shape index (κ3) is 3.59. The highest BCUT2D eigenvalue weighted by Crippen LogP contribution is 2.31. The lowest BCUT2D eigenvalue weighted by molar-refractivity contribution is -0.142. The smallest absolute Gasteiger partial charge is 0.264 e. The van der Waals surface area contributed by atoms with Gasteiger partial charge in [-0.25, -0.2) is 14.6 Å². The quantitative estimate of drug-likeness (QED) is 0.654. The molecule has 0 aliphatic carbocycles. The maximum Gasteiger partial charge on any atom is 0.435 e. The van der Waals surface area contributed by atoms with Gasteiger partial charge in [0.2, 0.25) is 0 Å². The average molecular weight is 359 g/mol. The summed E-state index contributed by atoms with van der Waals surface area (Å²) in [5.74, 6) is -0.779. The second-order valence-corrected chi connectivity index (χ2v) is 4.82. The lowest BCUT2D eigenvalue weighted by atomic mass is 10.2. The summed E-state index contributed by atoms with van der Waals surface area (Å²) >= 11 is 0. The van der Waals surface area contributed by atoms with Gasteiger partial charge >= 0.3 is 12.4 Å². The Morgan fingerprint density at radius 1 is 0.880 bits per heavy atom. The number of hydrogen-bond acceptors (Lipinski definition) is 4. The van der Waals surface area contributed by atoms with Crippen molar-refractivity contribution in [3.8, 4) is 17.2 Å². The Kier molecular flexibility index (Phi) is 3.93. The molecule has 0 fully saturated rings. The minimum absolute atomic E-state index is 0.179. The van der Waals surface area contributed by atoms with E-state index in [1.807, 2.05) is 0 Å². The zero-order valence-electron chi connectivity index (χ0n) is 12.0. The standard InChI is InChI=1S/C14H7F6N5/c15-13(16,17)9-3-5-25(24-9)11-6-10(14(18,19)20)22-12(23-11)8-2-1-4-21-7-8/h1-7H.